The summed E-state index contributed by atoms with van der Waals surface area (Å²) in [6, 6.07) is -0.0863. The summed E-state index contributed by atoms with van der Waals surface area (Å²) in [5, 5.41) is 0. The third kappa shape index (κ3) is 5.95. The molecule has 21 heavy (non-hydrogen) atoms. The van der Waals surface area contributed by atoms with Crippen molar-refractivity contribution in [2.75, 3.05) is 39.3 Å². The van der Waals surface area contributed by atoms with Gasteiger partial charge in [-0.25, -0.2) is 0 Å². The SMILES string of the molecule is CCOC(=O)C1CN(CC(C)CC)CCN1CC(C)CC. The van der Waals surface area contributed by atoms with Crippen LogP contribution in [0.5, 0.6) is 0 Å². The van der Waals surface area contributed by atoms with Crippen molar-refractivity contribution in [3.63, 3.8) is 0 Å². The molecule has 0 amide bonds. The van der Waals surface area contributed by atoms with Crippen LogP contribution in [0.4, 0.5) is 0 Å². The van der Waals surface area contributed by atoms with E-state index in [4.69, 9.17) is 4.74 Å². The number of nitrogens with zero attached hydrogens (tertiary/aromatic N) is 2. The molecule has 1 heterocycles. The van der Waals surface area contributed by atoms with Crippen LogP contribution in [0.25, 0.3) is 0 Å². The fraction of sp³-hybridized carbons (Fsp3) is 0.941. The van der Waals surface area contributed by atoms with E-state index in [9.17, 15) is 4.79 Å². The van der Waals surface area contributed by atoms with Crippen LogP contribution in [-0.2, 0) is 9.53 Å². The highest BCUT2D eigenvalue weighted by Crippen LogP contribution is 2.17. The molecule has 1 saturated heterocycles. The van der Waals surface area contributed by atoms with Gasteiger partial charge in [-0.1, -0.05) is 40.5 Å². The maximum Gasteiger partial charge on any atom is 0.324 e. The summed E-state index contributed by atoms with van der Waals surface area (Å²) < 4.78 is 5.30. The van der Waals surface area contributed by atoms with Crippen molar-refractivity contribution >= 4 is 5.97 Å². The Hall–Kier alpha value is -0.610. The molecule has 0 radical (unpaired) electrons. The van der Waals surface area contributed by atoms with Gasteiger partial charge < -0.3 is 4.74 Å². The zero-order chi connectivity index (χ0) is 15.8. The van der Waals surface area contributed by atoms with Crippen molar-refractivity contribution in [2.45, 2.75) is 53.5 Å². The molecule has 1 aliphatic rings. The normalized spacial score (nSPS) is 23.8. The summed E-state index contributed by atoms with van der Waals surface area (Å²) >= 11 is 0. The van der Waals surface area contributed by atoms with Crippen LogP contribution >= 0.6 is 0 Å². The fourth-order valence-electron chi connectivity index (χ4n) is 2.82. The van der Waals surface area contributed by atoms with E-state index in [1.807, 2.05) is 6.92 Å². The lowest BCUT2D eigenvalue weighted by Gasteiger charge is -2.41. The van der Waals surface area contributed by atoms with E-state index in [0.29, 0.717) is 18.4 Å². The molecule has 0 aromatic heterocycles. The Bertz CT molecular complexity index is 309. The van der Waals surface area contributed by atoms with Gasteiger partial charge in [0.1, 0.15) is 6.04 Å². The third-order valence-electron chi connectivity index (χ3n) is 4.64. The van der Waals surface area contributed by atoms with Gasteiger partial charge in [0.05, 0.1) is 6.61 Å². The molecule has 0 aliphatic carbocycles. The number of carbonyl (C=O) groups is 1. The van der Waals surface area contributed by atoms with Gasteiger partial charge in [-0.3, -0.25) is 14.6 Å². The minimum absolute atomic E-state index is 0.0466. The Morgan fingerprint density at radius 2 is 1.71 bits per heavy atom. The molecule has 0 spiro atoms. The topological polar surface area (TPSA) is 32.8 Å². The van der Waals surface area contributed by atoms with E-state index in [-0.39, 0.29) is 12.0 Å². The molecule has 0 aromatic carbocycles. The minimum atomic E-state index is -0.0863. The maximum absolute atomic E-state index is 12.3. The molecule has 1 fully saturated rings. The molecule has 0 aromatic rings. The molecule has 0 bridgehead atoms. The van der Waals surface area contributed by atoms with Crippen LogP contribution in [0.15, 0.2) is 0 Å². The van der Waals surface area contributed by atoms with Gasteiger partial charge in [0.2, 0.25) is 0 Å². The number of piperazine rings is 1. The maximum atomic E-state index is 12.3. The highest BCUT2D eigenvalue weighted by molar-refractivity contribution is 5.76. The smallest absolute Gasteiger partial charge is 0.324 e. The van der Waals surface area contributed by atoms with Gasteiger partial charge in [-0.15, -0.1) is 0 Å². The van der Waals surface area contributed by atoms with Gasteiger partial charge in [-0.05, 0) is 18.8 Å². The molecule has 0 saturated carbocycles. The quantitative estimate of drug-likeness (QED) is 0.645. The summed E-state index contributed by atoms with van der Waals surface area (Å²) in [5.41, 5.74) is 0. The average Bonchev–Trinajstić information content (AvgIpc) is 2.48. The standard InChI is InChI=1S/C17H34N2O2/c1-6-14(4)11-18-9-10-19(12-15(5)7-2)16(13-18)17(20)21-8-3/h14-16H,6-13H2,1-5H3. The molecule has 3 unspecified atom stereocenters. The molecular formula is C17H34N2O2. The second-order valence-corrected chi connectivity index (χ2v) is 6.55. The lowest BCUT2D eigenvalue weighted by Crippen LogP contribution is -2.58. The van der Waals surface area contributed by atoms with Crippen molar-refractivity contribution < 1.29 is 9.53 Å². The Kier molecular flexibility index (Phi) is 8.27. The number of carbonyl (C=O) groups excluding carboxylic acids is 1. The van der Waals surface area contributed by atoms with E-state index in [2.05, 4.69) is 37.5 Å². The van der Waals surface area contributed by atoms with Crippen LogP contribution in [0.2, 0.25) is 0 Å². The molecule has 1 aliphatic heterocycles. The second kappa shape index (κ2) is 9.42. The van der Waals surface area contributed by atoms with Crippen LogP contribution < -0.4 is 0 Å². The van der Waals surface area contributed by atoms with Gasteiger partial charge in [-0.2, -0.15) is 0 Å². The second-order valence-electron chi connectivity index (χ2n) is 6.55. The number of rotatable bonds is 8. The summed E-state index contributed by atoms with van der Waals surface area (Å²) in [7, 11) is 0. The zero-order valence-electron chi connectivity index (χ0n) is 14.6. The molecule has 1 rings (SSSR count). The first-order valence-corrected chi connectivity index (χ1v) is 8.64. The van der Waals surface area contributed by atoms with Crippen LogP contribution in [0.1, 0.15) is 47.5 Å². The molecule has 3 atom stereocenters. The third-order valence-corrected chi connectivity index (χ3v) is 4.64. The first-order chi connectivity index (χ1) is 10.0. The van der Waals surface area contributed by atoms with Crippen molar-refractivity contribution in [3.05, 3.63) is 0 Å². The Morgan fingerprint density at radius 1 is 1.10 bits per heavy atom. The van der Waals surface area contributed by atoms with E-state index >= 15 is 0 Å². The predicted molar refractivity (Wildman–Crippen MR) is 87.3 cm³/mol. The average molecular weight is 298 g/mol. The highest BCUT2D eigenvalue weighted by atomic mass is 16.5. The summed E-state index contributed by atoms with van der Waals surface area (Å²) in [6.45, 7) is 16.3. The monoisotopic (exact) mass is 298 g/mol. The fourth-order valence-corrected chi connectivity index (χ4v) is 2.82. The minimum Gasteiger partial charge on any atom is -0.465 e. The van der Waals surface area contributed by atoms with E-state index in [1.165, 1.54) is 6.42 Å². The molecule has 124 valence electrons. The van der Waals surface area contributed by atoms with Crippen molar-refractivity contribution in [1.29, 1.82) is 0 Å². The predicted octanol–water partition coefficient (Wildman–Crippen LogP) is 2.63. The molecular weight excluding hydrogens is 264 g/mol. The van der Waals surface area contributed by atoms with Gasteiger partial charge in [0.15, 0.2) is 0 Å². The van der Waals surface area contributed by atoms with E-state index in [0.717, 1.165) is 39.1 Å². The van der Waals surface area contributed by atoms with Crippen molar-refractivity contribution in [1.82, 2.24) is 9.80 Å². The lowest BCUT2D eigenvalue weighted by atomic mass is 10.0. The van der Waals surface area contributed by atoms with Crippen LogP contribution in [0, 0.1) is 11.8 Å². The molecule has 4 nitrogen and oxygen atoms in total. The number of esters is 1. The summed E-state index contributed by atoms with van der Waals surface area (Å²) in [6.07, 6.45) is 2.35. The Labute approximate surface area is 130 Å². The summed E-state index contributed by atoms with van der Waals surface area (Å²) in [4.78, 5) is 17.1. The van der Waals surface area contributed by atoms with Crippen LogP contribution in [-0.4, -0.2) is 61.1 Å². The number of hydrogen-bond acceptors (Lipinski definition) is 4. The van der Waals surface area contributed by atoms with Crippen molar-refractivity contribution in [2.24, 2.45) is 11.8 Å². The van der Waals surface area contributed by atoms with E-state index in [1.54, 1.807) is 0 Å². The largest absolute Gasteiger partial charge is 0.465 e. The van der Waals surface area contributed by atoms with Crippen molar-refractivity contribution in [3.8, 4) is 0 Å². The van der Waals surface area contributed by atoms with Gasteiger partial charge in [0.25, 0.3) is 0 Å². The Morgan fingerprint density at radius 3 is 2.29 bits per heavy atom. The van der Waals surface area contributed by atoms with Crippen LogP contribution in [0.3, 0.4) is 0 Å². The Balaban J connectivity index is 2.66. The zero-order valence-corrected chi connectivity index (χ0v) is 14.6. The summed E-state index contributed by atoms with van der Waals surface area (Å²) in [5.74, 6) is 1.27. The highest BCUT2D eigenvalue weighted by Gasteiger charge is 2.33. The first-order valence-electron chi connectivity index (χ1n) is 8.64. The first kappa shape index (κ1) is 18.4. The molecule has 0 N–H and O–H groups in total. The molecule has 4 heteroatoms. The number of hydrogen-bond donors (Lipinski definition) is 0. The van der Waals surface area contributed by atoms with Gasteiger partial charge in [0, 0.05) is 32.7 Å². The van der Waals surface area contributed by atoms with Gasteiger partial charge >= 0.3 is 5.97 Å². The number of ether oxygens (including phenoxy) is 1. The lowest BCUT2D eigenvalue weighted by molar-refractivity contribution is -0.152. The van der Waals surface area contributed by atoms with E-state index < -0.39 is 0 Å².